The fourth-order valence-electron chi connectivity index (χ4n) is 2.42. The van der Waals surface area contributed by atoms with Crippen LogP contribution in [0.4, 0.5) is 0 Å². The summed E-state index contributed by atoms with van der Waals surface area (Å²) in [6, 6.07) is 2.10. The molecule has 1 aliphatic carbocycles. The van der Waals surface area contributed by atoms with Crippen LogP contribution in [0.1, 0.15) is 43.5 Å². The Kier molecular flexibility index (Phi) is 6.53. The summed E-state index contributed by atoms with van der Waals surface area (Å²) in [7, 11) is 1.47. The van der Waals surface area contributed by atoms with Gasteiger partial charge in [-0.15, -0.1) is 0 Å². The van der Waals surface area contributed by atoms with Gasteiger partial charge in [0.1, 0.15) is 6.04 Å². The number of aliphatic carboxylic acids is 1. The minimum absolute atomic E-state index is 0.00235. The highest BCUT2D eigenvalue weighted by atomic mass is 35.5. The molecule has 2 N–H and O–H groups in total. The first kappa shape index (κ1) is 19.4. The highest BCUT2D eigenvalue weighted by Gasteiger charge is 2.37. The number of carbonyl (C=O) groups excluding carboxylic acids is 1. The van der Waals surface area contributed by atoms with Gasteiger partial charge in [-0.05, 0) is 43.2 Å². The summed E-state index contributed by atoms with van der Waals surface area (Å²) in [5.74, 6) is -0.295. The van der Waals surface area contributed by atoms with E-state index in [1.54, 1.807) is 0 Å². The summed E-state index contributed by atoms with van der Waals surface area (Å²) in [6.45, 7) is 4.67. The van der Waals surface area contributed by atoms with Crippen LogP contribution in [0.25, 0.3) is 0 Å². The lowest BCUT2D eigenvalue weighted by Crippen LogP contribution is -2.42. The quantitative estimate of drug-likeness (QED) is 0.697. The Balaban J connectivity index is 2.14. The van der Waals surface area contributed by atoms with Crippen molar-refractivity contribution < 1.29 is 24.2 Å². The Morgan fingerprint density at radius 3 is 2.56 bits per heavy atom. The Morgan fingerprint density at radius 1 is 1.36 bits per heavy atom. The van der Waals surface area contributed by atoms with Gasteiger partial charge in [0.25, 0.3) is 5.91 Å². The van der Waals surface area contributed by atoms with Gasteiger partial charge in [0.2, 0.25) is 0 Å². The maximum atomic E-state index is 12.4. The van der Waals surface area contributed by atoms with Crippen LogP contribution in [0, 0.1) is 11.8 Å². The molecule has 0 heterocycles. The van der Waals surface area contributed by atoms with Crippen molar-refractivity contribution >= 4 is 23.5 Å². The molecule has 0 saturated heterocycles. The van der Waals surface area contributed by atoms with E-state index in [4.69, 9.17) is 21.1 Å². The number of hydrogen-bond acceptors (Lipinski definition) is 4. The van der Waals surface area contributed by atoms with Crippen molar-refractivity contribution in [3.63, 3.8) is 0 Å². The number of nitrogens with one attached hydrogen (secondary N) is 1. The number of hydrogen-bond donors (Lipinski definition) is 2. The second kappa shape index (κ2) is 8.43. The topological polar surface area (TPSA) is 84.9 Å². The van der Waals surface area contributed by atoms with Gasteiger partial charge in [-0.1, -0.05) is 25.4 Å². The highest BCUT2D eigenvalue weighted by Crippen LogP contribution is 2.37. The molecule has 1 saturated carbocycles. The number of halogens is 1. The van der Waals surface area contributed by atoms with E-state index in [-0.39, 0.29) is 16.5 Å². The van der Waals surface area contributed by atoms with Crippen LogP contribution in [-0.4, -0.2) is 36.7 Å². The van der Waals surface area contributed by atoms with E-state index >= 15 is 0 Å². The summed E-state index contributed by atoms with van der Waals surface area (Å²) in [6.07, 6.45) is 2.48. The predicted octanol–water partition coefficient (Wildman–Crippen LogP) is 3.37. The molecule has 1 aromatic carbocycles. The van der Waals surface area contributed by atoms with Gasteiger partial charge >= 0.3 is 5.97 Å². The van der Waals surface area contributed by atoms with Gasteiger partial charge in [-0.3, -0.25) is 4.79 Å². The molecule has 6 nitrogen and oxygen atoms in total. The number of ether oxygens (including phenoxy) is 2. The third kappa shape index (κ3) is 5.26. The Bertz CT molecular complexity index is 643. The number of carbonyl (C=O) groups is 2. The van der Waals surface area contributed by atoms with Gasteiger partial charge in [0.15, 0.2) is 11.5 Å². The number of methoxy groups -OCH3 is 1. The van der Waals surface area contributed by atoms with Gasteiger partial charge < -0.3 is 19.9 Å². The maximum absolute atomic E-state index is 12.4. The molecule has 1 aliphatic rings. The second-order valence-electron chi connectivity index (χ2n) is 6.65. The zero-order valence-electron chi connectivity index (χ0n) is 14.7. The third-order valence-electron chi connectivity index (χ3n) is 4.08. The van der Waals surface area contributed by atoms with E-state index in [1.807, 2.05) is 0 Å². The molecular weight excluding hydrogens is 346 g/mol. The van der Waals surface area contributed by atoms with Crippen LogP contribution in [0.3, 0.4) is 0 Å². The molecule has 25 heavy (non-hydrogen) atoms. The van der Waals surface area contributed by atoms with Crippen molar-refractivity contribution in [3.05, 3.63) is 22.7 Å². The number of amides is 1. The summed E-state index contributed by atoms with van der Waals surface area (Å²) in [4.78, 5) is 23.7. The lowest BCUT2D eigenvalue weighted by Gasteiger charge is -2.17. The van der Waals surface area contributed by atoms with Crippen molar-refractivity contribution in [1.29, 1.82) is 0 Å². The molecule has 1 amide bonds. The van der Waals surface area contributed by atoms with Gasteiger partial charge in [-0.25, -0.2) is 4.79 Å². The Labute approximate surface area is 152 Å². The molecule has 0 aliphatic heterocycles. The van der Waals surface area contributed by atoms with Crippen LogP contribution in [-0.2, 0) is 4.79 Å². The molecule has 1 fully saturated rings. The third-order valence-corrected chi connectivity index (χ3v) is 4.36. The lowest BCUT2D eigenvalue weighted by atomic mass is 10.1. The molecule has 0 bridgehead atoms. The van der Waals surface area contributed by atoms with E-state index in [0.29, 0.717) is 24.0 Å². The average Bonchev–Trinajstić information content (AvgIpc) is 3.37. The van der Waals surface area contributed by atoms with Crippen molar-refractivity contribution in [2.24, 2.45) is 11.8 Å². The predicted molar refractivity (Wildman–Crippen MR) is 94.6 cm³/mol. The van der Waals surface area contributed by atoms with Crippen molar-refractivity contribution in [2.45, 2.75) is 39.2 Å². The largest absolute Gasteiger partial charge is 0.493 e. The minimum atomic E-state index is -1.03. The number of rotatable bonds is 9. The van der Waals surface area contributed by atoms with Crippen molar-refractivity contribution in [2.75, 3.05) is 13.7 Å². The summed E-state index contributed by atoms with van der Waals surface area (Å²) in [5.41, 5.74) is 0.241. The molecule has 7 heteroatoms. The normalized spacial score (nSPS) is 14.9. The molecule has 1 atom stereocenters. The molecule has 0 radical (unpaired) electrons. The van der Waals surface area contributed by atoms with Crippen LogP contribution in [0.5, 0.6) is 11.5 Å². The zero-order valence-corrected chi connectivity index (χ0v) is 15.4. The molecule has 1 aromatic rings. The fraction of sp³-hybridized carbons (Fsp3) is 0.556. The molecule has 0 aromatic heterocycles. The molecule has 2 rings (SSSR count). The number of benzene rings is 1. The standard InChI is InChI=1S/C18H24ClNO5/c1-10(2)6-7-25-16-13(19)8-12(9-14(16)24-3)17(21)20-15(18(22)23)11-4-5-11/h8-11,15H,4-7H2,1-3H3,(H,20,21)(H,22,23). The second-order valence-corrected chi connectivity index (χ2v) is 7.05. The summed E-state index contributed by atoms with van der Waals surface area (Å²) in [5, 5.41) is 12.0. The molecule has 138 valence electrons. The average molecular weight is 370 g/mol. The molecular formula is C18H24ClNO5. The molecule has 0 spiro atoms. The van der Waals surface area contributed by atoms with E-state index in [0.717, 1.165) is 19.3 Å². The van der Waals surface area contributed by atoms with Crippen molar-refractivity contribution in [3.8, 4) is 11.5 Å². The van der Waals surface area contributed by atoms with E-state index in [2.05, 4.69) is 19.2 Å². The van der Waals surface area contributed by atoms with Crippen LogP contribution >= 0.6 is 11.6 Å². The number of carboxylic acids is 1. The smallest absolute Gasteiger partial charge is 0.326 e. The van der Waals surface area contributed by atoms with Gasteiger partial charge in [0.05, 0.1) is 18.7 Å². The van der Waals surface area contributed by atoms with E-state index in [1.165, 1.54) is 19.2 Å². The maximum Gasteiger partial charge on any atom is 0.326 e. The first-order chi connectivity index (χ1) is 11.8. The first-order valence-electron chi connectivity index (χ1n) is 8.37. The summed E-state index contributed by atoms with van der Waals surface area (Å²) < 4.78 is 11.0. The van der Waals surface area contributed by atoms with E-state index < -0.39 is 17.9 Å². The summed E-state index contributed by atoms with van der Waals surface area (Å²) >= 11 is 6.25. The van der Waals surface area contributed by atoms with Gasteiger partial charge in [-0.2, -0.15) is 0 Å². The minimum Gasteiger partial charge on any atom is -0.493 e. The SMILES string of the molecule is COc1cc(C(=O)NC(C(=O)O)C2CC2)cc(Cl)c1OCCC(C)C. The lowest BCUT2D eigenvalue weighted by molar-refractivity contribution is -0.139. The van der Waals surface area contributed by atoms with Crippen LogP contribution < -0.4 is 14.8 Å². The monoisotopic (exact) mass is 369 g/mol. The zero-order chi connectivity index (χ0) is 18.6. The number of carboxylic acid groups (broad SMARTS) is 1. The fourth-order valence-corrected chi connectivity index (χ4v) is 2.69. The Hall–Kier alpha value is -1.95. The first-order valence-corrected chi connectivity index (χ1v) is 8.75. The van der Waals surface area contributed by atoms with Gasteiger partial charge in [0, 0.05) is 5.56 Å². The van der Waals surface area contributed by atoms with Crippen molar-refractivity contribution in [1.82, 2.24) is 5.32 Å². The highest BCUT2D eigenvalue weighted by molar-refractivity contribution is 6.32. The Morgan fingerprint density at radius 2 is 2.04 bits per heavy atom. The molecule has 1 unspecified atom stereocenters. The van der Waals surface area contributed by atoms with Crippen LogP contribution in [0.2, 0.25) is 5.02 Å². The van der Waals surface area contributed by atoms with Crippen LogP contribution in [0.15, 0.2) is 12.1 Å². The van der Waals surface area contributed by atoms with E-state index in [9.17, 15) is 14.7 Å².